The summed E-state index contributed by atoms with van der Waals surface area (Å²) in [5.41, 5.74) is 1.28. The third-order valence-corrected chi connectivity index (χ3v) is 2.99. The molecule has 90 valence electrons. The largest absolute Gasteiger partial charge is 0.294 e. The Hall–Kier alpha value is -1.84. The fourth-order valence-corrected chi connectivity index (χ4v) is 2.30. The van der Waals surface area contributed by atoms with Gasteiger partial charge in [-0.05, 0) is 32.9 Å². The first-order chi connectivity index (χ1) is 7.95. The smallest absolute Gasteiger partial charge is 0.274 e. The van der Waals surface area contributed by atoms with Crippen LogP contribution in [-0.2, 0) is 7.05 Å². The number of carbonyl (C=O) groups excluding carboxylic acids is 1. The van der Waals surface area contributed by atoms with Gasteiger partial charge in [-0.3, -0.25) is 14.3 Å². The van der Waals surface area contributed by atoms with Crippen LogP contribution in [0.25, 0.3) is 10.9 Å². The third kappa shape index (κ3) is 1.60. The maximum Gasteiger partial charge on any atom is 0.274 e. The minimum Gasteiger partial charge on any atom is -0.294 e. The number of fused-ring (bicyclic) bond motifs is 1. The molecule has 0 bridgehead atoms. The van der Waals surface area contributed by atoms with E-state index in [1.807, 2.05) is 20.9 Å². The molecule has 0 aliphatic heterocycles. The number of aryl methyl sites for hydroxylation is 1. The molecule has 0 spiro atoms. The predicted octanol–water partition coefficient (Wildman–Crippen LogP) is 2.12. The topological polar surface area (TPSA) is 44.0 Å². The van der Waals surface area contributed by atoms with E-state index in [-0.39, 0.29) is 17.4 Å². The van der Waals surface area contributed by atoms with E-state index >= 15 is 0 Å². The molecule has 0 atom stereocenters. The number of hydrogen-bond acceptors (Lipinski definition) is 2. The minimum atomic E-state index is -0.0411. The summed E-state index contributed by atoms with van der Waals surface area (Å²) >= 11 is 0. The van der Waals surface area contributed by atoms with Gasteiger partial charge >= 0.3 is 0 Å². The molecule has 0 saturated heterocycles. The van der Waals surface area contributed by atoms with Crippen molar-refractivity contribution in [3.63, 3.8) is 0 Å². The second kappa shape index (κ2) is 3.87. The molecule has 0 aliphatic carbocycles. The lowest BCUT2D eigenvalue weighted by atomic mass is 10.1. The fourth-order valence-electron chi connectivity index (χ4n) is 2.30. The summed E-state index contributed by atoms with van der Waals surface area (Å²) in [6.45, 7) is 5.42. The number of nitrogens with zero attached hydrogens (tertiary/aromatic N) is 2. The lowest BCUT2D eigenvalue weighted by molar-refractivity contribution is 0.101. The molecule has 4 heteroatoms. The van der Waals surface area contributed by atoms with Crippen LogP contribution >= 0.6 is 0 Å². The van der Waals surface area contributed by atoms with E-state index in [1.165, 1.54) is 6.92 Å². The second-order valence-electron chi connectivity index (χ2n) is 4.53. The summed E-state index contributed by atoms with van der Waals surface area (Å²) in [7, 11) is 1.82. The van der Waals surface area contributed by atoms with Crippen molar-refractivity contribution in [3.05, 3.63) is 34.1 Å². The van der Waals surface area contributed by atoms with Crippen LogP contribution in [-0.4, -0.2) is 15.1 Å². The molecule has 0 saturated carbocycles. The van der Waals surface area contributed by atoms with Crippen LogP contribution in [0.15, 0.2) is 23.0 Å². The van der Waals surface area contributed by atoms with Crippen LogP contribution in [0.3, 0.4) is 0 Å². The molecular weight excluding hydrogens is 216 g/mol. The number of aromatic nitrogens is 2. The van der Waals surface area contributed by atoms with Gasteiger partial charge in [-0.15, -0.1) is 0 Å². The monoisotopic (exact) mass is 232 g/mol. The zero-order valence-corrected chi connectivity index (χ0v) is 10.5. The van der Waals surface area contributed by atoms with E-state index in [9.17, 15) is 9.59 Å². The van der Waals surface area contributed by atoms with Crippen LogP contribution < -0.4 is 5.56 Å². The summed E-state index contributed by atoms with van der Waals surface area (Å²) in [5.74, 6) is -0.0212. The molecule has 2 aromatic rings. The summed E-state index contributed by atoms with van der Waals surface area (Å²) in [6.07, 6.45) is 0. The quantitative estimate of drug-likeness (QED) is 0.744. The standard InChI is InChI=1S/C13H16N2O2/c1-8(2)15-13(17)11-7-5-6-10(9(3)16)12(11)14(15)4/h5-8H,1-4H3. The molecule has 1 aromatic carbocycles. The zero-order chi connectivity index (χ0) is 12.7. The molecule has 0 amide bonds. The highest BCUT2D eigenvalue weighted by Gasteiger charge is 2.16. The Balaban J connectivity index is 2.98. The van der Waals surface area contributed by atoms with Gasteiger partial charge in [0, 0.05) is 18.7 Å². The van der Waals surface area contributed by atoms with Gasteiger partial charge in [-0.2, -0.15) is 0 Å². The minimum absolute atomic E-state index is 0.0212. The average Bonchev–Trinajstić information content (AvgIpc) is 2.51. The van der Waals surface area contributed by atoms with Crippen LogP contribution in [0.2, 0.25) is 0 Å². The molecule has 0 aliphatic rings. The van der Waals surface area contributed by atoms with Crippen LogP contribution in [0.1, 0.15) is 37.2 Å². The zero-order valence-electron chi connectivity index (χ0n) is 10.5. The first-order valence-corrected chi connectivity index (χ1v) is 5.66. The second-order valence-corrected chi connectivity index (χ2v) is 4.53. The maximum absolute atomic E-state index is 12.2. The Morgan fingerprint density at radius 3 is 2.47 bits per heavy atom. The van der Waals surface area contributed by atoms with E-state index in [1.54, 1.807) is 27.6 Å². The van der Waals surface area contributed by atoms with Gasteiger partial charge in [0.25, 0.3) is 5.56 Å². The van der Waals surface area contributed by atoms with Crippen LogP contribution in [0.5, 0.6) is 0 Å². The van der Waals surface area contributed by atoms with Gasteiger partial charge < -0.3 is 0 Å². The molecule has 17 heavy (non-hydrogen) atoms. The van der Waals surface area contributed by atoms with Gasteiger partial charge in [0.1, 0.15) is 0 Å². The van der Waals surface area contributed by atoms with E-state index in [0.717, 1.165) is 5.52 Å². The molecule has 0 N–H and O–H groups in total. The first-order valence-electron chi connectivity index (χ1n) is 5.66. The normalized spacial score (nSPS) is 11.4. The average molecular weight is 232 g/mol. The molecule has 0 fully saturated rings. The highest BCUT2D eigenvalue weighted by atomic mass is 16.1. The highest BCUT2D eigenvalue weighted by molar-refractivity contribution is 6.05. The first kappa shape index (κ1) is 11.6. The highest BCUT2D eigenvalue weighted by Crippen LogP contribution is 2.18. The van der Waals surface area contributed by atoms with Crippen LogP contribution in [0, 0.1) is 0 Å². The lowest BCUT2D eigenvalue weighted by Crippen LogP contribution is -2.23. The molecule has 2 rings (SSSR count). The van der Waals surface area contributed by atoms with Crippen molar-refractivity contribution in [2.24, 2.45) is 7.05 Å². The van der Waals surface area contributed by atoms with Crippen molar-refractivity contribution in [2.45, 2.75) is 26.8 Å². The molecular formula is C13H16N2O2. The number of ketones is 1. The predicted molar refractivity (Wildman–Crippen MR) is 67.6 cm³/mol. The van der Waals surface area contributed by atoms with Crippen LogP contribution in [0.4, 0.5) is 0 Å². The van der Waals surface area contributed by atoms with E-state index in [2.05, 4.69) is 0 Å². The van der Waals surface area contributed by atoms with Gasteiger partial charge in [0.05, 0.1) is 10.9 Å². The van der Waals surface area contributed by atoms with Crippen molar-refractivity contribution in [3.8, 4) is 0 Å². The number of benzene rings is 1. The Morgan fingerprint density at radius 2 is 1.94 bits per heavy atom. The van der Waals surface area contributed by atoms with Gasteiger partial charge in [-0.1, -0.05) is 6.07 Å². The number of hydrogen-bond donors (Lipinski definition) is 0. The maximum atomic E-state index is 12.2. The van der Waals surface area contributed by atoms with Gasteiger partial charge in [-0.25, -0.2) is 4.68 Å². The SMILES string of the molecule is CC(=O)c1cccc2c(=O)n(C(C)C)n(C)c12. The Kier molecular flexibility index (Phi) is 2.65. The number of para-hydroxylation sites is 1. The molecule has 0 radical (unpaired) electrons. The molecule has 1 heterocycles. The van der Waals surface area contributed by atoms with Gasteiger partial charge in [0.15, 0.2) is 5.78 Å². The number of rotatable bonds is 2. The lowest BCUT2D eigenvalue weighted by Gasteiger charge is -2.11. The Morgan fingerprint density at radius 1 is 1.29 bits per heavy atom. The summed E-state index contributed by atoms with van der Waals surface area (Å²) in [6, 6.07) is 5.35. The van der Waals surface area contributed by atoms with Gasteiger partial charge in [0.2, 0.25) is 0 Å². The molecule has 1 aromatic heterocycles. The van der Waals surface area contributed by atoms with Crippen molar-refractivity contribution < 1.29 is 4.79 Å². The summed E-state index contributed by atoms with van der Waals surface area (Å²) in [5, 5.41) is 0.605. The number of carbonyl (C=O) groups is 1. The van der Waals surface area contributed by atoms with Crippen molar-refractivity contribution in [2.75, 3.05) is 0 Å². The van der Waals surface area contributed by atoms with E-state index < -0.39 is 0 Å². The fraction of sp³-hybridized carbons (Fsp3) is 0.385. The van der Waals surface area contributed by atoms with Crippen molar-refractivity contribution >= 4 is 16.7 Å². The third-order valence-electron chi connectivity index (χ3n) is 2.99. The van der Waals surface area contributed by atoms with E-state index in [4.69, 9.17) is 0 Å². The summed E-state index contributed by atoms with van der Waals surface area (Å²) in [4.78, 5) is 23.8. The van der Waals surface area contributed by atoms with E-state index in [0.29, 0.717) is 10.9 Å². The number of Topliss-reactive ketones (excluding diaryl/α,β-unsaturated/α-hetero) is 1. The molecule has 4 nitrogen and oxygen atoms in total. The summed E-state index contributed by atoms with van der Waals surface area (Å²) < 4.78 is 3.44. The van der Waals surface area contributed by atoms with Crippen molar-refractivity contribution in [1.82, 2.24) is 9.36 Å². The van der Waals surface area contributed by atoms with Crippen molar-refractivity contribution in [1.29, 1.82) is 0 Å². The Bertz CT molecular complexity index is 647. The Labute approximate surface area is 99.4 Å². The molecule has 0 unspecified atom stereocenters.